The summed E-state index contributed by atoms with van der Waals surface area (Å²) in [6, 6.07) is -0.289. The van der Waals surface area contributed by atoms with Crippen LogP contribution in [0.15, 0.2) is 0 Å². The van der Waals surface area contributed by atoms with Crippen molar-refractivity contribution in [3.8, 4) is 0 Å². The Morgan fingerprint density at radius 1 is 1.29 bits per heavy atom. The molecule has 1 saturated heterocycles. The van der Waals surface area contributed by atoms with Gasteiger partial charge in [0.05, 0.1) is 5.92 Å². The Hall–Kier alpha value is -1.59. The third-order valence-corrected chi connectivity index (χ3v) is 3.68. The lowest BCUT2D eigenvalue weighted by molar-refractivity contribution is -0.164. The van der Waals surface area contributed by atoms with Crippen molar-refractivity contribution in [1.29, 1.82) is 0 Å². The van der Waals surface area contributed by atoms with Gasteiger partial charge in [-0.25, -0.2) is 0 Å². The predicted octanol–water partition coefficient (Wildman–Crippen LogP) is -0.460. The molecule has 1 aliphatic carbocycles. The van der Waals surface area contributed by atoms with Gasteiger partial charge < -0.3 is 14.9 Å². The Morgan fingerprint density at radius 2 is 2.00 bits per heavy atom. The van der Waals surface area contributed by atoms with E-state index in [0.717, 1.165) is 0 Å². The van der Waals surface area contributed by atoms with Crippen molar-refractivity contribution >= 4 is 17.8 Å². The first-order valence-electron chi connectivity index (χ1n) is 5.89. The van der Waals surface area contributed by atoms with Gasteiger partial charge in [0.1, 0.15) is 0 Å². The molecule has 1 saturated carbocycles. The SMILES string of the molecule is CCN1CCN(C2CCC2C(=O)O)C(=O)C1=O. The van der Waals surface area contributed by atoms with Crippen molar-refractivity contribution in [2.45, 2.75) is 25.8 Å². The summed E-state index contributed by atoms with van der Waals surface area (Å²) in [6.07, 6.45) is 1.28. The molecule has 6 nitrogen and oxygen atoms in total. The zero-order valence-corrected chi connectivity index (χ0v) is 9.76. The van der Waals surface area contributed by atoms with Gasteiger partial charge in [-0.1, -0.05) is 0 Å². The van der Waals surface area contributed by atoms with Crippen molar-refractivity contribution in [3.63, 3.8) is 0 Å². The molecule has 17 heavy (non-hydrogen) atoms. The molecule has 6 heteroatoms. The van der Waals surface area contributed by atoms with Crippen molar-refractivity contribution in [3.05, 3.63) is 0 Å². The van der Waals surface area contributed by atoms with Crippen LogP contribution in [0.25, 0.3) is 0 Å². The minimum Gasteiger partial charge on any atom is -0.481 e. The number of rotatable bonds is 3. The smallest absolute Gasteiger partial charge is 0.312 e. The van der Waals surface area contributed by atoms with Gasteiger partial charge in [-0.3, -0.25) is 14.4 Å². The molecule has 0 aromatic heterocycles. The summed E-state index contributed by atoms with van der Waals surface area (Å²) in [5.74, 6) is -2.43. The van der Waals surface area contributed by atoms with Gasteiger partial charge in [0.25, 0.3) is 0 Å². The normalized spacial score (nSPS) is 29.2. The molecule has 1 heterocycles. The Kier molecular flexibility index (Phi) is 3.04. The highest BCUT2D eigenvalue weighted by Gasteiger charge is 2.45. The lowest BCUT2D eigenvalue weighted by Crippen LogP contribution is -2.61. The first-order valence-corrected chi connectivity index (χ1v) is 5.89. The van der Waals surface area contributed by atoms with Gasteiger partial charge in [-0.2, -0.15) is 0 Å². The molecule has 2 atom stereocenters. The molecule has 2 amide bonds. The standard InChI is InChI=1S/C11H16N2O4/c1-2-12-5-6-13(10(15)9(12)14)8-4-3-7(8)11(16)17/h7-8H,2-6H2,1H3,(H,16,17). The number of aliphatic carboxylic acids is 1. The van der Waals surface area contributed by atoms with E-state index in [2.05, 4.69) is 0 Å². The number of carboxylic acids is 1. The summed E-state index contributed by atoms with van der Waals surface area (Å²) in [6.45, 7) is 3.30. The van der Waals surface area contributed by atoms with E-state index in [4.69, 9.17) is 5.11 Å². The Balaban J connectivity index is 2.06. The molecule has 0 radical (unpaired) electrons. The van der Waals surface area contributed by atoms with E-state index in [0.29, 0.717) is 32.5 Å². The fourth-order valence-corrected chi connectivity index (χ4v) is 2.45. The van der Waals surface area contributed by atoms with Crippen LogP contribution in [-0.2, 0) is 14.4 Å². The highest BCUT2D eigenvalue weighted by molar-refractivity contribution is 6.35. The molecule has 0 aromatic rings. The van der Waals surface area contributed by atoms with E-state index in [-0.39, 0.29) is 6.04 Å². The molecule has 2 aliphatic rings. The van der Waals surface area contributed by atoms with Crippen molar-refractivity contribution in [2.24, 2.45) is 5.92 Å². The van der Waals surface area contributed by atoms with E-state index in [1.165, 1.54) is 9.80 Å². The average molecular weight is 240 g/mol. The number of likely N-dealkylation sites (N-methyl/N-ethyl adjacent to an activating group) is 1. The van der Waals surface area contributed by atoms with Crippen molar-refractivity contribution in [2.75, 3.05) is 19.6 Å². The zero-order chi connectivity index (χ0) is 12.6. The predicted molar refractivity (Wildman–Crippen MR) is 58.1 cm³/mol. The minimum absolute atomic E-state index is 0.289. The van der Waals surface area contributed by atoms with E-state index in [1.807, 2.05) is 6.92 Å². The monoisotopic (exact) mass is 240 g/mol. The average Bonchev–Trinajstić information content (AvgIpc) is 2.22. The van der Waals surface area contributed by atoms with Gasteiger partial charge in [0.2, 0.25) is 0 Å². The number of hydrogen-bond donors (Lipinski definition) is 1. The highest BCUT2D eigenvalue weighted by atomic mass is 16.4. The quantitative estimate of drug-likeness (QED) is 0.677. The summed E-state index contributed by atoms with van der Waals surface area (Å²) in [5, 5.41) is 8.95. The maximum Gasteiger partial charge on any atom is 0.312 e. The molecule has 2 rings (SSSR count). The maximum absolute atomic E-state index is 11.8. The molecule has 1 aliphatic heterocycles. The fourth-order valence-electron chi connectivity index (χ4n) is 2.45. The zero-order valence-electron chi connectivity index (χ0n) is 9.76. The fraction of sp³-hybridized carbons (Fsp3) is 0.727. The van der Waals surface area contributed by atoms with Gasteiger partial charge in [0.15, 0.2) is 0 Å². The van der Waals surface area contributed by atoms with E-state index >= 15 is 0 Å². The largest absolute Gasteiger partial charge is 0.481 e. The Labute approximate surface area is 99.2 Å². The van der Waals surface area contributed by atoms with Gasteiger partial charge in [0, 0.05) is 25.7 Å². The van der Waals surface area contributed by atoms with Crippen LogP contribution in [0, 0.1) is 5.92 Å². The Morgan fingerprint density at radius 3 is 2.47 bits per heavy atom. The number of carbonyl (C=O) groups excluding carboxylic acids is 2. The Bertz CT molecular complexity index is 368. The summed E-state index contributed by atoms with van der Waals surface area (Å²) < 4.78 is 0. The van der Waals surface area contributed by atoms with Crippen LogP contribution in [0.2, 0.25) is 0 Å². The van der Waals surface area contributed by atoms with E-state index in [9.17, 15) is 14.4 Å². The number of carbonyl (C=O) groups is 3. The summed E-state index contributed by atoms with van der Waals surface area (Å²) in [5.41, 5.74) is 0. The second kappa shape index (κ2) is 4.35. The number of hydrogen-bond acceptors (Lipinski definition) is 3. The van der Waals surface area contributed by atoms with Crippen LogP contribution in [0.1, 0.15) is 19.8 Å². The summed E-state index contributed by atoms with van der Waals surface area (Å²) in [7, 11) is 0. The minimum atomic E-state index is -0.876. The number of carboxylic acid groups (broad SMARTS) is 1. The van der Waals surface area contributed by atoms with E-state index in [1.54, 1.807) is 0 Å². The van der Waals surface area contributed by atoms with E-state index < -0.39 is 23.7 Å². The number of amides is 2. The summed E-state index contributed by atoms with van der Waals surface area (Å²) >= 11 is 0. The van der Waals surface area contributed by atoms with Crippen LogP contribution in [0.4, 0.5) is 0 Å². The van der Waals surface area contributed by atoms with Crippen LogP contribution >= 0.6 is 0 Å². The van der Waals surface area contributed by atoms with Crippen LogP contribution < -0.4 is 0 Å². The lowest BCUT2D eigenvalue weighted by Gasteiger charge is -2.45. The molecule has 1 N–H and O–H groups in total. The van der Waals surface area contributed by atoms with Gasteiger partial charge in [-0.05, 0) is 19.8 Å². The lowest BCUT2D eigenvalue weighted by atomic mass is 9.78. The molecular weight excluding hydrogens is 224 g/mol. The van der Waals surface area contributed by atoms with Gasteiger partial charge in [-0.15, -0.1) is 0 Å². The first-order chi connectivity index (χ1) is 8.06. The van der Waals surface area contributed by atoms with Gasteiger partial charge >= 0.3 is 17.8 Å². The number of nitrogens with zero attached hydrogens (tertiary/aromatic N) is 2. The second-order valence-electron chi connectivity index (χ2n) is 4.47. The van der Waals surface area contributed by atoms with Crippen LogP contribution in [-0.4, -0.2) is 58.4 Å². The molecule has 2 fully saturated rings. The topological polar surface area (TPSA) is 77.9 Å². The second-order valence-corrected chi connectivity index (χ2v) is 4.47. The maximum atomic E-state index is 11.8. The molecular formula is C11H16N2O4. The molecule has 0 aromatic carbocycles. The molecule has 2 unspecified atom stereocenters. The third-order valence-electron chi connectivity index (χ3n) is 3.68. The highest BCUT2D eigenvalue weighted by Crippen LogP contribution is 2.33. The summed E-state index contributed by atoms with van der Waals surface area (Å²) in [4.78, 5) is 37.4. The number of piperazine rings is 1. The van der Waals surface area contributed by atoms with Crippen LogP contribution in [0.5, 0.6) is 0 Å². The molecule has 0 bridgehead atoms. The van der Waals surface area contributed by atoms with Crippen molar-refractivity contribution in [1.82, 2.24) is 9.80 Å². The molecule has 94 valence electrons. The third kappa shape index (κ3) is 1.87. The van der Waals surface area contributed by atoms with Crippen molar-refractivity contribution < 1.29 is 19.5 Å². The first kappa shape index (κ1) is 11.9. The molecule has 0 spiro atoms. The van der Waals surface area contributed by atoms with Crippen LogP contribution in [0.3, 0.4) is 0 Å².